The highest BCUT2D eigenvalue weighted by molar-refractivity contribution is 6.01. The van der Waals surface area contributed by atoms with E-state index in [9.17, 15) is 14.9 Å². The number of non-ortho nitro benzene ring substituents is 1. The summed E-state index contributed by atoms with van der Waals surface area (Å²) in [5.74, 6) is -0.214. The minimum absolute atomic E-state index is 0.0223. The van der Waals surface area contributed by atoms with Crippen LogP contribution in [0.3, 0.4) is 0 Å². The maximum absolute atomic E-state index is 11.2. The number of carbonyl (C=O) groups excluding carboxylic acids is 1. The van der Waals surface area contributed by atoms with Crippen molar-refractivity contribution in [2.24, 2.45) is 0 Å². The van der Waals surface area contributed by atoms with Gasteiger partial charge < -0.3 is 10.6 Å². The van der Waals surface area contributed by atoms with E-state index in [1.165, 1.54) is 18.2 Å². The Bertz CT molecular complexity index is 416. The fourth-order valence-electron chi connectivity index (χ4n) is 1.30. The SMILES string of the molecule is O=C1NCNc2cc([N+](=O)[O-])ccc21. The summed E-state index contributed by atoms with van der Waals surface area (Å²) in [5, 5.41) is 15.9. The van der Waals surface area contributed by atoms with Crippen molar-refractivity contribution in [2.75, 3.05) is 12.0 Å². The number of amides is 1. The molecule has 14 heavy (non-hydrogen) atoms. The molecule has 1 aromatic carbocycles. The smallest absolute Gasteiger partial charge is 0.271 e. The summed E-state index contributed by atoms with van der Waals surface area (Å²) in [5.41, 5.74) is 0.913. The molecule has 1 aliphatic heterocycles. The Morgan fingerprint density at radius 3 is 2.86 bits per heavy atom. The second-order valence-electron chi connectivity index (χ2n) is 2.85. The van der Waals surface area contributed by atoms with Gasteiger partial charge in [-0.05, 0) is 6.07 Å². The number of rotatable bonds is 1. The van der Waals surface area contributed by atoms with Crippen molar-refractivity contribution in [3.05, 3.63) is 33.9 Å². The van der Waals surface area contributed by atoms with Gasteiger partial charge in [0.25, 0.3) is 11.6 Å². The molecule has 1 aliphatic rings. The number of hydrogen-bond acceptors (Lipinski definition) is 4. The Balaban J connectivity index is 2.49. The highest BCUT2D eigenvalue weighted by Gasteiger charge is 2.18. The minimum atomic E-state index is -0.492. The van der Waals surface area contributed by atoms with Gasteiger partial charge in [-0.2, -0.15) is 0 Å². The quantitative estimate of drug-likeness (QED) is 0.508. The predicted molar refractivity (Wildman–Crippen MR) is 49.1 cm³/mol. The van der Waals surface area contributed by atoms with Crippen molar-refractivity contribution in [3.63, 3.8) is 0 Å². The van der Waals surface area contributed by atoms with Crippen LogP contribution in [0.25, 0.3) is 0 Å². The maximum atomic E-state index is 11.2. The zero-order chi connectivity index (χ0) is 10.1. The van der Waals surface area contributed by atoms with Crippen LogP contribution in [0.4, 0.5) is 11.4 Å². The van der Waals surface area contributed by atoms with Gasteiger partial charge in [-0.15, -0.1) is 0 Å². The van der Waals surface area contributed by atoms with Crippen molar-refractivity contribution in [1.29, 1.82) is 0 Å². The number of nitrogens with one attached hydrogen (secondary N) is 2. The lowest BCUT2D eigenvalue weighted by atomic mass is 10.1. The number of benzene rings is 1. The molecular formula is C8H7N3O3. The summed E-state index contributed by atoms with van der Waals surface area (Å²) in [7, 11) is 0. The normalized spacial score (nSPS) is 13.9. The fraction of sp³-hybridized carbons (Fsp3) is 0.125. The summed E-state index contributed by atoms with van der Waals surface area (Å²) >= 11 is 0. The number of nitrogens with zero attached hydrogens (tertiary/aromatic N) is 1. The average molecular weight is 193 g/mol. The lowest BCUT2D eigenvalue weighted by Crippen LogP contribution is -2.34. The van der Waals surface area contributed by atoms with Crippen LogP contribution in [0.5, 0.6) is 0 Å². The van der Waals surface area contributed by atoms with Crippen LogP contribution < -0.4 is 10.6 Å². The molecule has 0 fully saturated rings. The highest BCUT2D eigenvalue weighted by Crippen LogP contribution is 2.23. The molecular weight excluding hydrogens is 186 g/mol. The van der Waals surface area contributed by atoms with Crippen LogP contribution in [0, 0.1) is 10.1 Å². The Morgan fingerprint density at radius 1 is 1.36 bits per heavy atom. The standard InChI is InChI=1S/C8H7N3O3/c12-8-6-2-1-5(11(13)14)3-7(6)9-4-10-8/h1-3,9H,4H2,(H,10,12). The second-order valence-corrected chi connectivity index (χ2v) is 2.85. The first-order valence-electron chi connectivity index (χ1n) is 3.99. The van der Waals surface area contributed by atoms with Crippen LogP contribution in [0.2, 0.25) is 0 Å². The topological polar surface area (TPSA) is 84.3 Å². The largest absolute Gasteiger partial charge is 0.367 e. The lowest BCUT2D eigenvalue weighted by molar-refractivity contribution is -0.384. The first-order valence-corrected chi connectivity index (χ1v) is 3.99. The van der Waals surface area contributed by atoms with Crippen molar-refractivity contribution >= 4 is 17.3 Å². The maximum Gasteiger partial charge on any atom is 0.271 e. The number of hydrogen-bond donors (Lipinski definition) is 2. The molecule has 1 aromatic rings. The minimum Gasteiger partial charge on any atom is -0.367 e. The van der Waals surface area contributed by atoms with Crippen molar-refractivity contribution in [1.82, 2.24) is 5.32 Å². The lowest BCUT2D eigenvalue weighted by Gasteiger charge is -2.17. The molecule has 1 amide bonds. The molecule has 2 N–H and O–H groups in total. The Labute approximate surface area is 79.1 Å². The number of fused-ring (bicyclic) bond motifs is 1. The third-order valence-electron chi connectivity index (χ3n) is 1.99. The van der Waals surface area contributed by atoms with E-state index in [0.717, 1.165) is 0 Å². The molecule has 0 spiro atoms. The van der Waals surface area contributed by atoms with Crippen molar-refractivity contribution < 1.29 is 9.72 Å². The number of anilines is 1. The van der Waals surface area contributed by atoms with Gasteiger partial charge in [0.1, 0.15) is 0 Å². The summed E-state index contributed by atoms with van der Waals surface area (Å²) in [6.07, 6.45) is 0. The fourth-order valence-corrected chi connectivity index (χ4v) is 1.30. The number of nitro groups is 1. The van der Waals surface area contributed by atoms with E-state index in [0.29, 0.717) is 17.9 Å². The third-order valence-corrected chi connectivity index (χ3v) is 1.99. The van der Waals surface area contributed by atoms with Gasteiger partial charge in [0.15, 0.2) is 0 Å². The van der Waals surface area contributed by atoms with Gasteiger partial charge in [-0.1, -0.05) is 0 Å². The molecule has 0 unspecified atom stereocenters. The molecule has 0 aliphatic carbocycles. The molecule has 0 saturated carbocycles. The van der Waals surface area contributed by atoms with E-state index < -0.39 is 4.92 Å². The van der Waals surface area contributed by atoms with Crippen LogP contribution in [0.15, 0.2) is 18.2 Å². The number of nitro benzene ring substituents is 1. The summed E-state index contributed by atoms with van der Waals surface area (Å²) in [6, 6.07) is 4.11. The number of carbonyl (C=O) groups is 1. The monoisotopic (exact) mass is 193 g/mol. The van der Waals surface area contributed by atoms with Crippen molar-refractivity contribution in [3.8, 4) is 0 Å². The van der Waals surface area contributed by atoms with Gasteiger partial charge in [-0.3, -0.25) is 14.9 Å². The van der Waals surface area contributed by atoms with Crippen LogP contribution >= 0.6 is 0 Å². The Hall–Kier alpha value is -2.11. The Morgan fingerprint density at radius 2 is 2.14 bits per heavy atom. The third kappa shape index (κ3) is 1.26. The predicted octanol–water partition coefficient (Wildman–Crippen LogP) is 0.708. The van der Waals surface area contributed by atoms with Gasteiger partial charge >= 0.3 is 0 Å². The van der Waals surface area contributed by atoms with Crippen LogP contribution in [-0.2, 0) is 0 Å². The van der Waals surface area contributed by atoms with Gasteiger partial charge in [0, 0.05) is 12.1 Å². The second kappa shape index (κ2) is 2.99. The molecule has 2 rings (SSSR count). The molecule has 72 valence electrons. The molecule has 0 saturated heterocycles. The van der Waals surface area contributed by atoms with Gasteiger partial charge in [-0.25, -0.2) is 0 Å². The molecule has 6 heteroatoms. The molecule has 1 heterocycles. The zero-order valence-electron chi connectivity index (χ0n) is 7.11. The van der Waals surface area contributed by atoms with E-state index in [1.807, 2.05) is 0 Å². The van der Waals surface area contributed by atoms with Gasteiger partial charge in [0.05, 0.1) is 22.8 Å². The molecule has 0 bridgehead atoms. The van der Waals surface area contributed by atoms with Crippen LogP contribution in [0.1, 0.15) is 10.4 Å². The first kappa shape index (κ1) is 8.49. The summed E-state index contributed by atoms with van der Waals surface area (Å²) in [6.45, 7) is 0.299. The summed E-state index contributed by atoms with van der Waals surface area (Å²) in [4.78, 5) is 21.2. The van der Waals surface area contributed by atoms with E-state index in [2.05, 4.69) is 10.6 Å². The van der Waals surface area contributed by atoms with Gasteiger partial charge in [0.2, 0.25) is 0 Å². The van der Waals surface area contributed by atoms with Crippen LogP contribution in [-0.4, -0.2) is 17.5 Å². The van der Waals surface area contributed by atoms with Crippen molar-refractivity contribution in [2.45, 2.75) is 0 Å². The van der Waals surface area contributed by atoms with E-state index in [1.54, 1.807) is 0 Å². The molecule has 0 radical (unpaired) electrons. The average Bonchev–Trinajstić information content (AvgIpc) is 2.17. The molecule has 6 nitrogen and oxygen atoms in total. The molecule has 0 aromatic heterocycles. The van der Waals surface area contributed by atoms with E-state index >= 15 is 0 Å². The molecule has 0 atom stereocenters. The Kier molecular flexibility index (Phi) is 1.81. The van der Waals surface area contributed by atoms with E-state index in [4.69, 9.17) is 0 Å². The first-order chi connectivity index (χ1) is 6.68. The highest BCUT2D eigenvalue weighted by atomic mass is 16.6. The van der Waals surface area contributed by atoms with E-state index in [-0.39, 0.29) is 11.6 Å². The summed E-state index contributed by atoms with van der Waals surface area (Å²) < 4.78 is 0. The zero-order valence-corrected chi connectivity index (χ0v) is 7.11.